The lowest BCUT2D eigenvalue weighted by molar-refractivity contribution is -0.197. The van der Waals surface area contributed by atoms with E-state index in [1.165, 1.54) is 12.1 Å². The van der Waals surface area contributed by atoms with Gasteiger partial charge in [-0.15, -0.1) is 0 Å². The summed E-state index contributed by atoms with van der Waals surface area (Å²) in [6, 6.07) is 4.16. The van der Waals surface area contributed by atoms with Gasteiger partial charge in [-0.05, 0) is 63.9 Å². The van der Waals surface area contributed by atoms with Gasteiger partial charge in [0.1, 0.15) is 11.9 Å². The summed E-state index contributed by atoms with van der Waals surface area (Å²) >= 11 is 0. The van der Waals surface area contributed by atoms with Crippen LogP contribution in [0.1, 0.15) is 42.1 Å². The topological polar surface area (TPSA) is 70.6 Å². The second-order valence-electron chi connectivity index (χ2n) is 7.15. The molecular formula is C18H25FN2O3. The number of nitrogens with one attached hydrogen (secondary N) is 2. The molecule has 132 valence electrons. The van der Waals surface area contributed by atoms with Crippen LogP contribution in [0.25, 0.3) is 0 Å². The van der Waals surface area contributed by atoms with Crippen LogP contribution in [0.15, 0.2) is 18.2 Å². The summed E-state index contributed by atoms with van der Waals surface area (Å²) in [6.45, 7) is 5.66. The third-order valence-corrected chi connectivity index (χ3v) is 5.41. The van der Waals surface area contributed by atoms with Crippen molar-refractivity contribution in [2.75, 3.05) is 19.7 Å². The molecule has 1 aromatic carbocycles. The third kappa shape index (κ3) is 3.06. The smallest absolute Gasteiger partial charge is 0.252 e. The molecule has 1 amide bonds. The molecule has 2 fully saturated rings. The SMILES string of the molecule is Cc1ccc(F)cc1C(=O)N[C@]1(C)CCOC2(CCNCC2)[C@H]1O. The number of carbonyl (C=O) groups is 1. The lowest BCUT2D eigenvalue weighted by atomic mass is 9.73. The number of benzene rings is 1. The van der Waals surface area contributed by atoms with Crippen molar-refractivity contribution in [1.29, 1.82) is 0 Å². The third-order valence-electron chi connectivity index (χ3n) is 5.41. The van der Waals surface area contributed by atoms with Crippen LogP contribution in [-0.4, -0.2) is 48.0 Å². The number of carbonyl (C=O) groups excluding carboxylic acids is 1. The van der Waals surface area contributed by atoms with E-state index in [0.29, 0.717) is 37.0 Å². The summed E-state index contributed by atoms with van der Waals surface area (Å²) in [5.74, 6) is -0.808. The maximum atomic E-state index is 13.5. The number of amides is 1. The molecule has 24 heavy (non-hydrogen) atoms. The van der Waals surface area contributed by atoms with E-state index in [4.69, 9.17) is 4.74 Å². The van der Waals surface area contributed by atoms with Gasteiger partial charge in [-0.25, -0.2) is 4.39 Å². The van der Waals surface area contributed by atoms with E-state index < -0.39 is 23.1 Å². The number of aliphatic hydroxyl groups is 1. The molecule has 0 aromatic heterocycles. The molecule has 0 bridgehead atoms. The van der Waals surface area contributed by atoms with Gasteiger partial charge in [0.25, 0.3) is 5.91 Å². The molecule has 0 unspecified atom stereocenters. The van der Waals surface area contributed by atoms with Crippen LogP contribution < -0.4 is 10.6 Å². The van der Waals surface area contributed by atoms with Crippen LogP contribution in [-0.2, 0) is 4.74 Å². The number of rotatable bonds is 2. The Kier molecular flexibility index (Phi) is 4.64. The van der Waals surface area contributed by atoms with Gasteiger partial charge in [-0.1, -0.05) is 6.07 Å². The maximum Gasteiger partial charge on any atom is 0.252 e. The minimum Gasteiger partial charge on any atom is -0.388 e. The zero-order valence-electron chi connectivity index (χ0n) is 14.2. The molecule has 1 spiro atoms. The zero-order chi connectivity index (χ0) is 17.4. The lowest BCUT2D eigenvalue weighted by Gasteiger charge is -2.52. The molecule has 0 radical (unpaired) electrons. The van der Waals surface area contributed by atoms with E-state index >= 15 is 0 Å². The summed E-state index contributed by atoms with van der Waals surface area (Å²) in [6.07, 6.45) is 1.12. The van der Waals surface area contributed by atoms with Crippen LogP contribution in [0.2, 0.25) is 0 Å². The van der Waals surface area contributed by atoms with Crippen LogP contribution >= 0.6 is 0 Å². The molecule has 2 atom stereocenters. The van der Waals surface area contributed by atoms with Gasteiger partial charge in [0.05, 0.1) is 11.1 Å². The van der Waals surface area contributed by atoms with Crippen LogP contribution in [0.5, 0.6) is 0 Å². The van der Waals surface area contributed by atoms with Crippen molar-refractivity contribution in [3.05, 3.63) is 35.1 Å². The first-order valence-electron chi connectivity index (χ1n) is 8.48. The minimum atomic E-state index is -0.807. The summed E-state index contributed by atoms with van der Waals surface area (Å²) < 4.78 is 19.4. The Balaban J connectivity index is 1.82. The zero-order valence-corrected chi connectivity index (χ0v) is 14.2. The predicted octanol–water partition coefficient (Wildman–Crippen LogP) is 1.53. The highest BCUT2D eigenvalue weighted by Crippen LogP contribution is 2.38. The molecule has 2 aliphatic heterocycles. The molecule has 1 aromatic rings. The average Bonchev–Trinajstić information content (AvgIpc) is 2.56. The number of hydrogen-bond acceptors (Lipinski definition) is 4. The fraction of sp³-hybridized carbons (Fsp3) is 0.611. The predicted molar refractivity (Wildman–Crippen MR) is 88.4 cm³/mol. The first kappa shape index (κ1) is 17.3. The van der Waals surface area contributed by atoms with Crippen molar-refractivity contribution < 1.29 is 19.0 Å². The Morgan fingerprint density at radius 2 is 2.08 bits per heavy atom. The second kappa shape index (κ2) is 6.43. The Morgan fingerprint density at radius 1 is 1.38 bits per heavy atom. The molecule has 2 aliphatic rings. The number of hydrogen-bond donors (Lipinski definition) is 3. The highest BCUT2D eigenvalue weighted by atomic mass is 19.1. The number of aryl methyl sites for hydroxylation is 1. The van der Waals surface area contributed by atoms with Crippen molar-refractivity contribution in [2.45, 2.75) is 50.4 Å². The molecule has 0 saturated carbocycles. The standard InChI is InChI=1S/C18H25FN2O3/c1-12-3-4-13(19)11-14(12)15(22)21-17(2)7-10-24-18(16(17)23)5-8-20-9-6-18/h3-4,11,16,20,23H,5-10H2,1-2H3,(H,21,22)/t16-,17+/m0/s1. The van der Waals surface area contributed by atoms with Gasteiger partial charge in [0, 0.05) is 12.2 Å². The van der Waals surface area contributed by atoms with Gasteiger partial charge in [0.2, 0.25) is 0 Å². The summed E-state index contributed by atoms with van der Waals surface area (Å²) in [5.41, 5.74) is -0.418. The van der Waals surface area contributed by atoms with E-state index in [-0.39, 0.29) is 5.91 Å². The van der Waals surface area contributed by atoms with E-state index in [1.807, 2.05) is 6.92 Å². The van der Waals surface area contributed by atoms with Crippen molar-refractivity contribution in [2.24, 2.45) is 0 Å². The Hall–Kier alpha value is -1.50. The lowest BCUT2D eigenvalue weighted by Crippen LogP contribution is -2.69. The Labute approximate surface area is 141 Å². The van der Waals surface area contributed by atoms with Crippen LogP contribution in [0.3, 0.4) is 0 Å². The van der Waals surface area contributed by atoms with Crippen LogP contribution in [0.4, 0.5) is 4.39 Å². The van der Waals surface area contributed by atoms with E-state index in [1.54, 1.807) is 13.0 Å². The van der Waals surface area contributed by atoms with Crippen molar-refractivity contribution in [3.63, 3.8) is 0 Å². The first-order valence-corrected chi connectivity index (χ1v) is 8.48. The Bertz CT molecular complexity index is 625. The van der Waals surface area contributed by atoms with Gasteiger partial charge < -0.3 is 20.5 Å². The van der Waals surface area contributed by atoms with Gasteiger partial charge in [-0.3, -0.25) is 4.79 Å². The molecule has 6 heteroatoms. The molecule has 3 N–H and O–H groups in total. The quantitative estimate of drug-likeness (QED) is 0.766. The number of halogens is 1. The Morgan fingerprint density at radius 3 is 2.79 bits per heavy atom. The van der Waals surface area contributed by atoms with Crippen molar-refractivity contribution in [1.82, 2.24) is 10.6 Å². The molecule has 5 nitrogen and oxygen atoms in total. The second-order valence-corrected chi connectivity index (χ2v) is 7.15. The monoisotopic (exact) mass is 336 g/mol. The minimum absolute atomic E-state index is 0.300. The van der Waals surface area contributed by atoms with Gasteiger partial charge in [-0.2, -0.15) is 0 Å². The normalized spacial score (nSPS) is 29.4. The molecule has 0 aliphatic carbocycles. The average molecular weight is 336 g/mol. The van der Waals surface area contributed by atoms with Gasteiger partial charge in [0.15, 0.2) is 0 Å². The number of ether oxygens (including phenoxy) is 1. The van der Waals surface area contributed by atoms with E-state index in [9.17, 15) is 14.3 Å². The van der Waals surface area contributed by atoms with Crippen LogP contribution in [0, 0.1) is 12.7 Å². The highest BCUT2D eigenvalue weighted by molar-refractivity contribution is 5.96. The van der Waals surface area contributed by atoms with Crippen molar-refractivity contribution in [3.8, 4) is 0 Å². The largest absolute Gasteiger partial charge is 0.388 e. The van der Waals surface area contributed by atoms with Gasteiger partial charge >= 0.3 is 0 Å². The number of aliphatic hydroxyl groups excluding tert-OH is 1. The fourth-order valence-electron chi connectivity index (χ4n) is 3.83. The molecule has 2 saturated heterocycles. The van der Waals surface area contributed by atoms with Crippen molar-refractivity contribution >= 4 is 5.91 Å². The molecule has 2 heterocycles. The van der Waals surface area contributed by atoms with E-state index in [2.05, 4.69) is 10.6 Å². The first-order chi connectivity index (χ1) is 11.4. The molecular weight excluding hydrogens is 311 g/mol. The summed E-state index contributed by atoms with van der Waals surface area (Å²) in [7, 11) is 0. The van der Waals surface area contributed by atoms with E-state index in [0.717, 1.165) is 13.1 Å². The summed E-state index contributed by atoms with van der Waals surface area (Å²) in [4.78, 5) is 12.7. The summed E-state index contributed by atoms with van der Waals surface area (Å²) in [5, 5.41) is 17.2. The fourth-order valence-corrected chi connectivity index (χ4v) is 3.83. The molecule has 3 rings (SSSR count). The highest BCUT2D eigenvalue weighted by Gasteiger charge is 2.53. The maximum absolute atomic E-state index is 13.5. The number of piperidine rings is 1.